The van der Waals surface area contributed by atoms with Gasteiger partial charge in [-0.15, -0.1) is 0 Å². The van der Waals surface area contributed by atoms with Crippen LogP contribution >= 0.6 is 0 Å². The van der Waals surface area contributed by atoms with Crippen LogP contribution in [0.1, 0.15) is 45.9 Å². The average molecular weight is 259 g/mol. The fourth-order valence-corrected chi connectivity index (χ4v) is 2.19. The molecule has 0 radical (unpaired) electrons. The molecule has 0 amide bonds. The molecule has 0 aliphatic heterocycles. The summed E-state index contributed by atoms with van der Waals surface area (Å²) in [6.07, 6.45) is 0.940. The summed E-state index contributed by atoms with van der Waals surface area (Å²) in [5.74, 6) is 1.11. The first-order valence-electron chi connectivity index (χ1n) is 7.16. The van der Waals surface area contributed by atoms with E-state index in [1.54, 1.807) is 0 Å². The molecule has 0 saturated carbocycles. The molecule has 2 rings (SSSR count). The molecular weight excluding hydrogens is 234 g/mol. The summed E-state index contributed by atoms with van der Waals surface area (Å²) in [6, 6.07) is 8.77. The van der Waals surface area contributed by atoms with Gasteiger partial charge in [0.25, 0.3) is 0 Å². The van der Waals surface area contributed by atoms with E-state index in [0.29, 0.717) is 6.04 Å². The van der Waals surface area contributed by atoms with Gasteiger partial charge in [-0.25, -0.2) is 0 Å². The molecule has 1 heterocycles. The number of aryl methyl sites for hydroxylation is 1. The molecule has 0 spiro atoms. The molecule has 2 nitrogen and oxygen atoms in total. The summed E-state index contributed by atoms with van der Waals surface area (Å²) in [7, 11) is 0. The van der Waals surface area contributed by atoms with Crippen molar-refractivity contribution in [3.8, 4) is 0 Å². The molecule has 104 valence electrons. The van der Waals surface area contributed by atoms with Gasteiger partial charge < -0.3 is 9.73 Å². The molecule has 0 saturated heterocycles. The van der Waals surface area contributed by atoms with Crippen LogP contribution in [0, 0.1) is 5.41 Å². The van der Waals surface area contributed by atoms with Crippen LogP contribution in [-0.2, 0) is 13.0 Å². The van der Waals surface area contributed by atoms with Crippen LogP contribution < -0.4 is 5.32 Å². The van der Waals surface area contributed by atoms with Crippen molar-refractivity contribution in [2.45, 2.75) is 53.6 Å². The summed E-state index contributed by atoms with van der Waals surface area (Å²) in [5, 5.41) is 4.88. The molecule has 2 heteroatoms. The lowest BCUT2D eigenvalue weighted by atomic mass is 9.88. The van der Waals surface area contributed by atoms with Crippen molar-refractivity contribution in [1.29, 1.82) is 0 Å². The second kappa shape index (κ2) is 5.38. The van der Waals surface area contributed by atoms with Gasteiger partial charge in [0.2, 0.25) is 0 Å². The zero-order chi connectivity index (χ0) is 14.0. The summed E-state index contributed by atoms with van der Waals surface area (Å²) >= 11 is 0. The Kier molecular flexibility index (Phi) is 4.00. The molecule has 1 aromatic carbocycles. The van der Waals surface area contributed by atoms with E-state index in [9.17, 15) is 0 Å². The second-order valence-corrected chi connectivity index (χ2v) is 6.32. The monoisotopic (exact) mass is 259 g/mol. The Balaban J connectivity index is 2.24. The van der Waals surface area contributed by atoms with E-state index < -0.39 is 0 Å². The molecule has 2 aromatic rings. The van der Waals surface area contributed by atoms with Crippen LogP contribution in [0.3, 0.4) is 0 Å². The minimum Gasteiger partial charge on any atom is -0.461 e. The van der Waals surface area contributed by atoms with Gasteiger partial charge in [0.1, 0.15) is 11.3 Å². The molecule has 0 aliphatic rings. The lowest BCUT2D eigenvalue weighted by molar-refractivity contribution is 0.285. The highest BCUT2D eigenvalue weighted by atomic mass is 16.3. The normalized spacial score (nSPS) is 13.9. The van der Waals surface area contributed by atoms with E-state index in [4.69, 9.17) is 4.42 Å². The van der Waals surface area contributed by atoms with Gasteiger partial charge in [0.15, 0.2) is 0 Å². The quantitative estimate of drug-likeness (QED) is 0.873. The smallest absolute Gasteiger partial charge is 0.134 e. The number of benzene rings is 1. The number of nitrogens with one attached hydrogen (secondary N) is 1. The van der Waals surface area contributed by atoms with Crippen molar-refractivity contribution < 1.29 is 4.42 Å². The van der Waals surface area contributed by atoms with Gasteiger partial charge in [-0.1, -0.05) is 45.9 Å². The van der Waals surface area contributed by atoms with Crippen molar-refractivity contribution in [3.63, 3.8) is 0 Å². The largest absolute Gasteiger partial charge is 0.461 e. The fourth-order valence-electron chi connectivity index (χ4n) is 2.19. The fraction of sp³-hybridized carbons (Fsp3) is 0.529. The Bertz CT molecular complexity index is 548. The highest BCUT2D eigenvalue weighted by molar-refractivity contribution is 5.82. The lowest BCUT2D eigenvalue weighted by Gasteiger charge is -2.28. The number of fused-ring (bicyclic) bond motifs is 1. The number of hydrogen-bond donors (Lipinski definition) is 1. The van der Waals surface area contributed by atoms with Crippen LogP contribution in [0.25, 0.3) is 11.0 Å². The van der Waals surface area contributed by atoms with Crippen molar-refractivity contribution in [2.24, 2.45) is 5.41 Å². The van der Waals surface area contributed by atoms with E-state index in [-0.39, 0.29) is 5.41 Å². The third-order valence-corrected chi connectivity index (χ3v) is 3.99. The summed E-state index contributed by atoms with van der Waals surface area (Å²) < 4.78 is 5.93. The van der Waals surface area contributed by atoms with E-state index in [1.165, 1.54) is 10.9 Å². The van der Waals surface area contributed by atoms with E-state index in [0.717, 1.165) is 24.3 Å². The number of para-hydroxylation sites is 1. The molecule has 19 heavy (non-hydrogen) atoms. The van der Waals surface area contributed by atoms with Crippen LogP contribution in [0.15, 0.2) is 28.7 Å². The maximum absolute atomic E-state index is 5.93. The third kappa shape index (κ3) is 3.01. The standard InChI is InChI=1S/C17H25NO/c1-6-15-14(11-18-12(2)17(3,4)5)13-9-7-8-10-16(13)19-15/h7-10,12,18H,6,11H2,1-5H3. The average Bonchev–Trinajstić information content (AvgIpc) is 2.72. The van der Waals surface area contributed by atoms with E-state index in [1.807, 2.05) is 12.1 Å². The van der Waals surface area contributed by atoms with E-state index in [2.05, 4.69) is 52.1 Å². The maximum Gasteiger partial charge on any atom is 0.134 e. The summed E-state index contributed by atoms with van der Waals surface area (Å²) in [4.78, 5) is 0. The predicted molar refractivity (Wildman–Crippen MR) is 81.3 cm³/mol. The minimum atomic E-state index is 0.270. The van der Waals surface area contributed by atoms with Gasteiger partial charge in [-0.3, -0.25) is 0 Å². The summed E-state index contributed by atoms with van der Waals surface area (Å²) in [5.41, 5.74) is 2.58. The van der Waals surface area contributed by atoms with Gasteiger partial charge in [0.05, 0.1) is 0 Å². The molecule has 1 aromatic heterocycles. The van der Waals surface area contributed by atoms with Crippen LogP contribution in [0.4, 0.5) is 0 Å². The van der Waals surface area contributed by atoms with Gasteiger partial charge in [-0.2, -0.15) is 0 Å². The zero-order valence-electron chi connectivity index (χ0n) is 12.7. The Morgan fingerprint density at radius 1 is 1.21 bits per heavy atom. The Morgan fingerprint density at radius 2 is 1.89 bits per heavy atom. The SMILES string of the molecule is CCc1oc2ccccc2c1CNC(C)C(C)(C)C. The first-order chi connectivity index (χ1) is 8.93. The molecule has 1 atom stereocenters. The molecular formula is C17H25NO. The lowest BCUT2D eigenvalue weighted by Crippen LogP contribution is -2.37. The number of furan rings is 1. The first-order valence-corrected chi connectivity index (χ1v) is 7.16. The topological polar surface area (TPSA) is 25.2 Å². The van der Waals surface area contributed by atoms with E-state index >= 15 is 0 Å². The molecule has 1 N–H and O–H groups in total. The second-order valence-electron chi connectivity index (χ2n) is 6.32. The van der Waals surface area contributed by atoms with Gasteiger partial charge in [0, 0.05) is 30.0 Å². The minimum absolute atomic E-state index is 0.270. The predicted octanol–water partition coefficient (Wildman–Crippen LogP) is 4.52. The number of hydrogen-bond acceptors (Lipinski definition) is 2. The highest BCUT2D eigenvalue weighted by Crippen LogP contribution is 2.27. The van der Waals surface area contributed by atoms with Crippen LogP contribution in [0.2, 0.25) is 0 Å². The highest BCUT2D eigenvalue weighted by Gasteiger charge is 2.20. The van der Waals surface area contributed by atoms with Crippen molar-refractivity contribution >= 4 is 11.0 Å². The third-order valence-electron chi connectivity index (χ3n) is 3.99. The molecule has 0 aliphatic carbocycles. The summed E-state index contributed by atoms with van der Waals surface area (Å²) in [6.45, 7) is 12.1. The molecule has 0 fully saturated rings. The Hall–Kier alpha value is -1.28. The van der Waals surface area contributed by atoms with Crippen molar-refractivity contribution in [3.05, 3.63) is 35.6 Å². The van der Waals surface area contributed by atoms with Crippen molar-refractivity contribution in [1.82, 2.24) is 5.32 Å². The van der Waals surface area contributed by atoms with Gasteiger partial charge >= 0.3 is 0 Å². The molecule has 1 unspecified atom stereocenters. The zero-order valence-corrected chi connectivity index (χ0v) is 12.7. The van der Waals surface area contributed by atoms with Crippen molar-refractivity contribution in [2.75, 3.05) is 0 Å². The number of rotatable bonds is 4. The first kappa shape index (κ1) is 14.1. The maximum atomic E-state index is 5.93. The molecule has 0 bridgehead atoms. The van der Waals surface area contributed by atoms with Crippen LogP contribution in [-0.4, -0.2) is 6.04 Å². The van der Waals surface area contributed by atoms with Gasteiger partial charge in [-0.05, 0) is 18.4 Å². The Labute approximate surface area is 116 Å². The Morgan fingerprint density at radius 3 is 2.53 bits per heavy atom. The van der Waals surface area contributed by atoms with Crippen LogP contribution in [0.5, 0.6) is 0 Å².